The number of esters is 1. The largest absolute Gasteiger partial charge is 0.468 e. The number of carbonyl (C=O) groups excluding carboxylic acids is 1. The van der Waals surface area contributed by atoms with E-state index in [0.29, 0.717) is 37.6 Å². The number of aromatic nitrogens is 2. The Morgan fingerprint density at radius 1 is 1.32 bits per heavy atom. The average Bonchev–Trinajstić information content (AvgIpc) is 3.09. The first-order valence-corrected chi connectivity index (χ1v) is 8.39. The minimum Gasteiger partial charge on any atom is -0.468 e. The van der Waals surface area contributed by atoms with Crippen LogP contribution in [0.5, 0.6) is 0 Å². The van der Waals surface area contributed by atoms with Gasteiger partial charge in [-0.15, -0.1) is 0 Å². The van der Waals surface area contributed by atoms with Gasteiger partial charge in [-0.1, -0.05) is 35.5 Å². The van der Waals surface area contributed by atoms with Crippen LogP contribution >= 0.6 is 0 Å². The highest BCUT2D eigenvalue weighted by molar-refractivity contribution is 5.75. The Morgan fingerprint density at radius 2 is 2.12 bits per heavy atom. The van der Waals surface area contributed by atoms with Gasteiger partial charge in [0.15, 0.2) is 5.82 Å². The third-order valence-electron chi connectivity index (χ3n) is 4.53. The fourth-order valence-electron chi connectivity index (χ4n) is 3.14. The summed E-state index contributed by atoms with van der Waals surface area (Å²) >= 11 is 0. The molecule has 2 heterocycles. The summed E-state index contributed by atoms with van der Waals surface area (Å²) in [7, 11) is 3.07. The van der Waals surface area contributed by atoms with Gasteiger partial charge in [-0.25, -0.2) is 0 Å². The van der Waals surface area contributed by atoms with Crippen molar-refractivity contribution in [1.29, 1.82) is 0 Å². The maximum Gasteiger partial charge on any atom is 0.323 e. The topological polar surface area (TPSA) is 77.7 Å². The molecule has 1 aliphatic heterocycles. The smallest absolute Gasteiger partial charge is 0.323 e. The molecule has 7 heteroatoms. The molecule has 2 aromatic rings. The molecule has 0 aliphatic carbocycles. The Balaban J connectivity index is 1.65. The molecule has 1 saturated heterocycles. The number of hydrogen-bond donors (Lipinski definition) is 0. The number of methoxy groups -OCH3 is 2. The van der Waals surface area contributed by atoms with Crippen molar-refractivity contribution in [2.24, 2.45) is 0 Å². The van der Waals surface area contributed by atoms with Gasteiger partial charge in [0.25, 0.3) is 0 Å². The Hall–Kier alpha value is -2.25. The molecule has 0 radical (unpaired) electrons. The summed E-state index contributed by atoms with van der Waals surface area (Å²) < 4.78 is 15.7. The SMILES string of the molecule is COC(=O)[C@H]1C[C@@H](OC)CCN1Cc1nc(Cc2ccccc2)no1. The second kappa shape index (κ2) is 8.22. The number of piperidine rings is 1. The molecule has 0 bridgehead atoms. The summed E-state index contributed by atoms with van der Waals surface area (Å²) in [5, 5.41) is 4.04. The normalized spacial score (nSPS) is 21.2. The summed E-state index contributed by atoms with van der Waals surface area (Å²) in [6.45, 7) is 1.15. The van der Waals surface area contributed by atoms with Gasteiger partial charge in [0.05, 0.1) is 19.8 Å². The van der Waals surface area contributed by atoms with E-state index in [1.54, 1.807) is 7.11 Å². The molecule has 0 unspecified atom stereocenters. The predicted octanol–water partition coefficient (Wildman–Crippen LogP) is 1.81. The first-order valence-electron chi connectivity index (χ1n) is 8.39. The second-order valence-electron chi connectivity index (χ2n) is 6.16. The fraction of sp³-hybridized carbons (Fsp3) is 0.500. The quantitative estimate of drug-likeness (QED) is 0.739. The van der Waals surface area contributed by atoms with Crippen LogP contribution in [-0.2, 0) is 27.2 Å². The molecular formula is C18H23N3O4. The Kier molecular flexibility index (Phi) is 5.78. The lowest BCUT2D eigenvalue weighted by atomic mass is 9.99. The lowest BCUT2D eigenvalue weighted by Gasteiger charge is -2.36. The molecule has 1 aliphatic rings. The van der Waals surface area contributed by atoms with Gasteiger partial charge in [-0.05, 0) is 18.4 Å². The van der Waals surface area contributed by atoms with E-state index < -0.39 is 0 Å². The molecule has 7 nitrogen and oxygen atoms in total. The molecule has 0 saturated carbocycles. The maximum absolute atomic E-state index is 12.1. The lowest BCUT2D eigenvalue weighted by Crippen LogP contribution is -2.49. The van der Waals surface area contributed by atoms with Crippen molar-refractivity contribution < 1.29 is 18.8 Å². The van der Waals surface area contributed by atoms with Gasteiger partial charge < -0.3 is 14.0 Å². The van der Waals surface area contributed by atoms with Crippen LogP contribution in [0.2, 0.25) is 0 Å². The summed E-state index contributed by atoms with van der Waals surface area (Å²) in [6, 6.07) is 9.64. The van der Waals surface area contributed by atoms with E-state index in [4.69, 9.17) is 14.0 Å². The van der Waals surface area contributed by atoms with Crippen LogP contribution in [0, 0.1) is 0 Å². The molecule has 134 valence electrons. The number of rotatable bonds is 6. The highest BCUT2D eigenvalue weighted by Gasteiger charge is 2.35. The van der Waals surface area contributed by atoms with Crippen LogP contribution in [0.25, 0.3) is 0 Å². The van der Waals surface area contributed by atoms with Crippen LogP contribution in [0.1, 0.15) is 30.1 Å². The highest BCUT2D eigenvalue weighted by Crippen LogP contribution is 2.22. The summed E-state index contributed by atoms with van der Waals surface area (Å²) in [5.41, 5.74) is 1.13. The Bertz CT molecular complexity index is 689. The first-order chi connectivity index (χ1) is 12.2. The van der Waals surface area contributed by atoms with Gasteiger partial charge in [-0.2, -0.15) is 4.98 Å². The van der Waals surface area contributed by atoms with E-state index in [1.165, 1.54) is 7.11 Å². The van der Waals surface area contributed by atoms with Crippen LogP contribution < -0.4 is 0 Å². The van der Waals surface area contributed by atoms with E-state index in [0.717, 1.165) is 12.0 Å². The van der Waals surface area contributed by atoms with Crippen molar-refractivity contribution in [3.05, 3.63) is 47.6 Å². The number of carbonyl (C=O) groups is 1. The van der Waals surface area contributed by atoms with Crippen molar-refractivity contribution in [3.8, 4) is 0 Å². The molecule has 0 spiro atoms. The molecule has 2 atom stereocenters. The van der Waals surface area contributed by atoms with Crippen molar-refractivity contribution >= 4 is 5.97 Å². The summed E-state index contributed by atoms with van der Waals surface area (Å²) in [5.74, 6) is 0.893. The Labute approximate surface area is 146 Å². The third kappa shape index (κ3) is 4.43. The molecule has 3 rings (SSSR count). The highest BCUT2D eigenvalue weighted by atomic mass is 16.5. The monoisotopic (exact) mass is 345 g/mol. The van der Waals surface area contributed by atoms with Gasteiger partial charge in [0.1, 0.15) is 6.04 Å². The molecule has 1 aromatic heterocycles. The molecule has 0 N–H and O–H groups in total. The van der Waals surface area contributed by atoms with Gasteiger partial charge in [-0.3, -0.25) is 9.69 Å². The van der Waals surface area contributed by atoms with Crippen LogP contribution in [0.15, 0.2) is 34.9 Å². The summed E-state index contributed by atoms with van der Waals surface area (Å²) in [6.07, 6.45) is 2.15. The lowest BCUT2D eigenvalue weighted by molar-refractivity contribution is -0.151. The van der Waals surface area contributed by atoms with Gasteiger partial charge in [0, 0.05) is 20.1 Å². The van der Waals surface area contributed by atoms with E-state index >= 15 is 0 Å². The zero-order chi connectivity index (χ0) is 17.6. The predicted molar refractivity (Wildman–Crippen MR) is 89.8 cm³/mol. The van der Waals surface area contributed by atoms with E-state index in [-0.39, 0.29) is 18.1 Å². The van der Waals surface area contributed by atoms with Crippen molar-refractivity contribution in [1.82, 2.24) is 15.0 Å². The van der Waals surface area contributed by atoms with Crippen molar-refractivity contribution in [2.45, 2.75) is 38.0 Å². The zero-order valence-electron chi connectivity index (χ0n) is 14.6. The minimum absolute atomic E-state index is 0.0664. The second-order valence-corrected chi connectivity index (χ2v) is 6.16. The number of nitrogens with zero attached hydrogens (tertiary/aromatic N) is 3. The number of likely N-dealkylation sites (tertiary alicyclic amines) is 1. The Morgan fingerprint density at radius 3 is 2.84 bits per heavy atom. The van der Waals surface area contributed by atoms with E-state index in [2.05, 4.69) is 10.1 Å². The summed E-state index contributed by atoms with van der Waals surface area (Å²) in [4.78, 5) is 18.6. The third-order valence-corrected chi connectivity index (χ3v) is 4.53. The van der Waals surface area contributed by atoms with Gasteiger partial charge >= 0.3 is 5.97 Å². The molecular weight excluding hydrogens is 322 g/mol. The zero-order valence-corrected chi connectivity index (χ0v) is 14.6. The van der Waals surface area contributed by atoms with Crippen LogP contribution in [0.3, 0.4) is 0 Å². The molecule has 1 aromatic carbocycles. The minimum atomic E-state index is -0.354. The number of benzene rings is 1. The van der Waals surface area contributed by atoms with Crippen LogP contribution in [-0.4, -0.2) is 53.9 Å². The maximum atomic E-state index is 12.1. The van der Waals surface area contributed by atoms with Crippen molar-refractivity contribution in [2.75, 3.05) is 20.8 Å². The average molecular weight is 345 g/mol. The number of ether oxygens (including phenoxy) is 2. The van der Waals surface area contributed by atoms with E-state index in [9.17, 15) is 4.79 Å². The molecule has 0 amide bonds. The first kappa shape index (κ1) is 17.6. The van der Waals surface area contributed by atoms with Gasteiger partial charge in [0.2, 0.25) is 5.89 Å². The van der Waals surface area contributed by atoms with Crippen molar-refractivity contribution in [3.63, 3.8) is 0 Å². The van der Waals surface area contributed by atoms with E-state index in [1.807, 2.05) is 35.2 Å². The van der Waals surface area contributed by atoms with Crippen LogP contribution in [0.4, 0.5) is 0 Å². The number of hydrogen-bond acceptors (Lipinski definition) is 7. The molecule has 1 fully saturated rings. The fourth-order valence-corrected chi connectivity index (χ4v) is 3.14. The standard InChI is InChI=1S/C18H23N3O4/c1-23-14-8-9-21(15(11-14)18(22)24-2)12-17-19-16(20-25-17)10-13-6-4-3-5-7-13/h3-7,14-15H,8-12H2,1-2H3/t14-,15+/m0/s1. The molecule has 25 heavy (non-hydrogen) atoms.